The second-order valence-corrected chi connectivity index (χ2v) is 7.48. The Labute approximate surface area is 175 Å². The fourth-order valence-corrected chi connectivity index (χ4v) is 3.94. The summed E-state index contributed by atoms with van der Waals surface area (Å²) in [4.78, 5) is 56.8. The average molecular weight is 483 g/mol. The molecule has 0 spiro atoms. The van der Waals surface area contributed by atoms with Crippen molar-refractivity contribution in [2.24, 2.45) is 0 Å². The molecule has 164 valence electrons. The number of esters is 5. The molecule has 0 unspecified atom stereocenters. The van der Waals surface area contributed by atoms with Gasteiger partial charge < -0.3 is 28.8 Å². The summed E-state index contributed by atoms with van der Waals surface area (Å²) in [5.41, 5.74) is -2.34. The van der Waals surface area contributed by atoms with Gasteiger partial charge in [-0.2, -0.15) is 0 Å². The molecule has 1 rings (SSSR count). The molecule has 0 amide bonds. The Balaban J connectivity index is 3.59. The van der Waals surface area contributed by atoms with E-state index in [-0.39, 0.29) is 0 Å². The van der Waals surface area contributed by atoms with Gasteiger partial charge >= 0.3 is 29.8 Å². The molecule has 12 heteroatoms. The summed E-state index contributed by atoms with van der Waals surface area (Å²) in [6, 6.07) is 0. The molecule has 1 aliphatic carbocycles. The molecule has 0 aromatic heterocycles. The minimum atomic E-state index is -2.34. The van der Waals surface area contributed by atoms with Crippen molar-refractivity contribution < 1.29 is 52.8 Å². The molecule has 1 fully saturated rings. The van der Waals surface area contributed by atoms with Crippen molar-refractivity contribution in [3.63, 3.8) is 0 Å². The van der Waals surface area contributed by atoms with Crippen molar-refractivity contribution >= 4 is 45.8 Å². The minimum absolute atomic E-state index is 0.773. The van der Waals surface area contributed by atoms with E-state index in [2.05, 4.69) is 15.9 Å². The SMILES string of the molecule is CC(=O)OC[C@]1(O)[C@@H](OC(C)=O)[C@H](Br)[C@H](OC(C)=O)[C@@H](OC(C)=O)[C@@H]1OC(C)=O. The first-order chi connectivity index (χ1) is 13.3. The van der Waals surface area contributed by atoms with Gasteiger partial charge in [0.25, 0.3) is 0 Å². The molecule has 0 heterocycles. The highest BCUT2D eigenvalue weighted by atomic mass is 79.9. The third kappa shape index (κ3) is 6.39. The van der Waals surface area contributed by atoms with E-state index in [1.54, 1.807) is 0 Å². The van der Waals surface area contributed by atoms with Crippen LogP contribution in [-0.2, 0) is 47.7 Å². The summed E-state index contributed by atoms with van der Waals surface area (Å²) >= 11 is 3.20. The van der Waals surface area contributed by atoms with Gasteiger partial charge in [-0.3, -0.25) is 24.0 Å². The summed E-state index contributed by atoms with van der Waals surface area (Å²) in [5, 5.41) is 11.3. The van der Waals surface area contributed by atoms with E-state index in [4.69, 9.17) is 23.7 Å². The number of rotatable bonds is 6. The van der Waals surface area contributed by atoms with E-state index >= 15 is 0 Å². The second-order valence-electron chi connectivity index (χ2n) is 6.42. The third-order valence-electron chi connectivity index (χ3n) is 3.91. The Morgan fingerprint density at radius 3 is 1.55 bits per heavy atom. The van der Waals surface area contributed by atoms with Crippen LogP contribution in [0.2, 0.25) is 0 Å². The fourth-order valence-electron chi connectivity index (χ4n) is 2.97. The van der Waals surface area contributed by atoms with Crippen LogP contribution >= 0.6 is 15.9 Å². The molecule has 0 aromatic rings. The summed E-state index contributed by atoms with van der Waals surface area (Å²) in [6.45, 7) is 4.54. The number of hydrogen-bond acceptors (Lipinski definition) is 11. The number of carbonyl (C=O) groups is 5. The summed E-state index contributed by atoms with van der Waals surface area (Å²) in [7, 11) is 0. The molecular weight excluding hydrogens is 460 g/mol. The van der Waals surface area contributed by atoms with Crippen LogP contribution in [0.3, 0.4) is 0 Å². The van der Waals surface area contributed by atoms with Crippen LogP contribution in [0.15, 0.2) is 0 Å². The van der Waals surface area contributed by atoms with Gasteiger partial charge in [0.1, 0.15) is 6.61 Å². The van der Waals surface area contributed by atoms with Gasteiger partial charge in [-0.1, -0.05) is 15.9 Å². The van der Waals surface area contributed by atoms with Crippen molar-refractivity contribution in [2.75, 3.05) is 6.61 Å². The monoisotopic (exact) mass is 482 g/mol. The minimum Gasteiger partial charge on any atom is -0.462 e. The number of halogens is 1. The van der Waals surface area contributed by atoms with Crippen molar-refractivity contribution in [1.82, 2.24) is 0 Å². The van der Waals surface area contributed by atoms with E-state index < -0.39 is 71.3 Å². The van der Waals surface area contributed by atoms with Crippen LogP contribution in [0.25, 0.3) is 0 Å². The number of ether oxygens (including phenoxy) is 5. The van der Waals surface area contributed by atoms with E-state index in [9.17, 15) is 29.1 Å². The van der Waals surface area contributed by atoms with Gasteiger partial charge in [-0.05, 0) is 0 Å². The molecule has 0 radical (unpaired) electrons. The van der Waals surface area contributed by atoms with Crippen molar-refractivity contribution in [2.45, 2.75) is 69.5 Å². The maximum absolute atomic E-state index is 11.7. The number of hydrogen-bond donors (Lipinski definition) is 1. The van der Waals surface area contributed by atoms with Gasteiger partial charge in [0, 0.05) is 34.6 Å². The average Bonchev–Trinajstić information content (AvgIpc) is 2.56. The van der Waals surface area contributed by atoms with Gasteiger partial charge in [0.2, 0.25) is 0 Å². The highest BCUT2D eigenvalue weighted by Gasteiger charge is 2.65. The third-order valence-corrected chi connectivity index (χ3v) is 4.91. The summed E-state index contributed by atoms with van der Waals surface area (Å²) in [5.74, 6) is -4.09. The molecule has 0 aromatic carbocycles. The van der Waals surface area contributed by atoms with Crippen molar-refractivity contribution in [3.8, 4) is 0 Å². The molecule has 29 heavy (non-hydrogen) atoms. The largest absolute Gasteiger partial charge is 0.462 e. The summed E-state index contributed by atoms with van der Waals surface area (Å²) in [6.07, 6.45) is -6.04. The zero-order chi connectivity index (χ0) is 22.5. The zero-order valence-electron chi connectivity index (χ0n) is 16.5. The maximum atomic E-state index is 11.7. The fraction of sp³-hybridized carbons (Fsp3) is 0.706. The predicted molar refractivity (Wildman–Crippen MR) is 96.5 cm³/mol. The Kier molecular flexibility index (Phi) is 8.57. The van der Waals surface area contributed by atoms with Crippen molar-refractivity contribution in [3.05, 3.63) is 0 Å². The first-order valence-electron chi connectivity index (χ1n) is 8.48. The smallest absolute Gasteiger partial charge is 0.303 e. The molecule has 0 bridgehead atoms. The first-order valence-corrected chi connectivity index (χ1v) is 9.39. The lowest BCUT2D eigenvalue weighted by Crippen LogP contribution is -2.73. The van der Waals surface area contributed by atoms with E-state index in [0.717, 1.165) is 34.6 Å². The highest BCUT2D eigenvalue weighted by Crippen LogP contribution is 2.41. The molecule has 1 saturated carbocycles. The number of alkyl halides is 1. The Morgan fingerprint density at radius 2 is 1.14 bits per heavy atom. The Bertz CT molecular complexity index is 678. The predicted octanol–water partition coefficient (Wildman–Crippen LogP) is -0.216. The normalized spacial score (nSPS) is 31.2. The molecule has 6 atom stereocenters. The Morgan fingerprint density at radius 1 is 0.724 bits per heavy atom. The molecule has 1 N–H and O–H groups in total. The first kappa shape index (κ1) is 24.8. The highest BCUT2D eigenvalue weighted by molar-refractivity contribution is 9.09. The lowest BCUT2D eigenvalue weighted by atomic mass is 9.76. The Hall–Kier alpha value is -2.21. The van der Waals surface area contributed by atoms with Crippen LogP contribution in [0.4, 0.5) is 0 Å². The van der Waals surface area contributed by atoms with E-state index in [1.165, 1.54) is 0 Å². The van der Waals surface area contributed by atoms with Gasteiger partial charge in [0.05, 0.1) is 4.83 Å². The number of carbonyl (C=O) groups excluding carboxylic acids is 5. The summed E-state index contributed by atoms with van der Waals surface area (Å²) < 4.78 is 25.6. The van der Waals surface area contributed by atoms with E-state index in [0.29, 0.717) is 0 Å². The van der Waals surface area contributed by atoms with Gasteiger partial charge in [-0.25, -0.2) is 0 Å². The number of aliphatic hydroxyl groups is 1. The molecule has 11 nitrogen and oxygen atoms in total. The standard InChI is InChI=1S/C17H23BrO11/c1-7(19)25-6-17(24)15(28-10(4)22)12(18)13(26-8(2)20)14(27-9(3)21)16(17)29-11(5)23/h12-16,24H,6H2,1-5H3/t12-,13+,14-,15+,16+,17+/m1/s1. The molecule has 0 saturated heterocycles. The topological polar surface area (TPSA) is 152 Å². The van der Waals surface area contributed by atoms with Gasteiger partial charge in [0.15, 0.2) is 30.0 Å². The molecule has 0 aliphatic heterocycles. The van der Waals surface area contributed by atoms with Crippen LogP contribution in [-0.4, -0.2) is 76.4 Å². The second kappa shape index (κ2) is 10.0. The molecular formula is C17H23BrO11. The zero-order valence-corrected chi connectivity index (χ0v) is 18.1. The quantitative estimate of drug-likeness (QED) is 0.303. The lowest BCUT2D eigenvalue weighted by molar-refractivity contribution is -0.261. The van der Waals surface area contributed by atoms with Crippen LogP contribution < -0.4 is 0 Å². The van der Waals surface area contributed by atoms with Crippen LogP contribution in [0, 0.1) is 0 Å². The van der Waals surface area contributed by atoms with Crippen molar-refractivity contribution in [1.29, 1.82) is 0 Å². The lowest BCUT2D eigenvalue weighted by Gasteiger charge is -2.50. The maximum Gasteiger partial charge on any atom is 0.303 e. The van der Waals surface area contributed by atoms with Crippen LogP contribution in [0.1, 0.15) is 34.6 Å². The van der Waals surface area contributed by atoms with E-state index in [1.807, 2.05) is 0 Å². The molecule has 1 aliphatic rings. The van der Waals surface area contributed by atoms with Gasteiger partial charge in [-0.15, -0.1) is 0 Å². The van der Waals surface area contributed by atoms with Crippen LogP contribution in [0.5, 0.6) is 0 Å².